The monoisotopic (exact) mass is 201 g/mol. The lowest BCUT2D eigenvalue weighted by Crippen LogP contribution is -2.24. The first-order valence-electron chi connectivity index (χ1n) is 4.34. The van der Waals surface area contributed by atoms with Crippen LogP contribution in [0.4, 0.5) is 8.78 Å². The van der Waals surface area contributed by atoms with Gasteiger partial charge < -0.3 is 10.8 Å². The van der Waals surface area contributed by atoms with E-state index in [1.54, 1.807) is 13.0 Å². The highest BCUT2D eigenvalue weighted by Gasteiger charge is 2.14. The van der Waals surface area contributed by atoms with Gasteiger partial charge in [-0.25, -0.2) is 8.78 Å². The van der Waals surface area contributed by atoms with Gasteiger partial charge in [-0.15, -0.1) is 0 Å². The Hall–Kier alpha value is -1.00. The molecule has 0 aromatic heterocycles. The largest absolute Gasteiger partial charge is 0.387 e. The fraction of sp³-hybridized carbons (Fsp3) is 0.400. The van der Waals surface area contributed by atoms with E-state index in [1.807, 2.05) is 0 Å². The van der Waals surface area contributed by atoms with Gasteiger partial charge in [-0.2, -0.15) is 0 Å². The molecule has 0 aliphatic carbocycles. The first-order valence-corrected chi connectivity index (χ1v) is 4.34. The van der Waals surface area contributed by atoms with Crippen molar-refractivity contribution in [2.24, 2.45) is 5.73 Å². The molecule has 0 aliphatic heterocycles. The second kappa shape index (κ2) is 4.48. The number of aliphatic hydroxyl groups excluding tert-OH is 1. The number of halogens is 2. The molecule has 0 heterocycles. The molecule has 0 fully saturated rings. The highest BCUT2D eigenvalue weighted by atomic mass is 19.3. The molecule has 3 N–H and O–H groups in total. The van der Waals surface area contributed by atoms with Crippen molar-refractivity contribution in [1.29, 1.82) is 0 Å². The minimum absolute atomic E-state index is 0.0952. The second-order valence-electron chi connectivity index (χ2n) is 3.27. The lowest BCUT2D eigenvalue weighted by molar-refractivity contribution is 0.145. The van der Waals surface area contributed by atoms with Crippen molar-refractivity contribution in [1.82, 2.24) is 0 Å². The maximum atomic E-state index is 12.3. The summed E-state index contributed by atoms with van der Waals surface area (Å²) < 4.78 is 24.6. The zero-order valence-corrected chi connectivity index (χ0v) is 7.82. The van der Waals surface area contributed by atoms with Gasteiger partial charge in [0.05, 0.1) is 6.10 Å². The third-order valence-electron chi connectivity index (χ3n) is 2.00. The van der Waals surface area contributed by atoms with E-state index in [0.717, 1.165) is 0 Å². The fourth-order valence-electron chi connectivity index (χ4n) is 1.18. The molecule has 1 rings (SSSR count). The van der Waals surface area contributed by atoms with Gasteiger partial charge in [-0.1, -0.05) is 18.2 Å². The third-order valence-corrected chi connectivity index (χ3v) is 2.00. The summed E-state index contributed by atoms with van der Waals surface area (Å²) in [6, 6.07) is 5.20. The van der Waals surface area contributed by atoms with E-state index < -0.39 is 18.6 Å². The van der Waals surface area contributed by atoms with E-state index in [0.29, 0.717) is 5.56 Å². The van der Waals surface area contributed by atoms with Gasteiger partial charge in [-0.05, 0) is 18.6 Å². The van der Waals surface area contributed by atoms with Crippen LogP contribution in [0.25, 0.3) is 0 Å². The van der Waals surface area contributed by atoms with E-state index in [4.69, 9.17) is 5.73 Å². The molecule has 0 aliphatic rings. The van der Waals surface area contributed by atoms with Crippen molar-refractivity contribution in [2.45, 2.75) is 25.5 Å². The average Bonchev–Trinajstić information content (AvgIpc) is 2.16. The van der Waals surface area contributed by atoms with E-state index in [9.17, 15) is 13.9 Å². The summed E-state index contributed by atoms with van der Waals surface area (Å²) in [7, 11) is 0. The molecule has 0 saturated heterocycles. The predicted octanol–water partition coefficient (Wildman–Crippen LogP) is 2.00. The molecule has 14 heavy (non-hydrogen) atoms. The van der Waals surface area contributed by atoms with Gasteiger partial charge in [0, 0.05) is 11.6 Å². The molecule has 0 saturated carbocycles. The van der Waals surface area contributed by atoms with E-state index in [2.05, 4.69) is 0 Å². The molecule has 78 valence electrons. The van der Waals surface area contributed by atoms with Crippen molar-refractivity contribution in [3.05, 3.63) is 35.4 Å². The van der Waals surface area contributed by atoms with E-state index >= 15 is 0 Å². The maximum Gasteiger partial charge on any atom is 0.263 e. The van der Waals surface area contributed by atoms with Crippen LogP contribution in [0.1, 0.15) is 30.6 Å². The van der Waals surface area contributed by atoms with Crippen LogP contribution in [-0.4, -0.2) is 11.1 Å². The molecule has 0 amide bonds. The number of hydrogen-bond donors (Lipinski definition) is 2. The Morgan fingerprint density at radius 2 is 1.86 bits per heavy atom. The Balaban J connectivity index is 2.93. The highest BCUT2D eigenvalue weighted by molar-refractivity contribution is 5.26. The van der Waals surface area contributed by atoms with Crippen molar-refractivity contribution in [3.63, 3.8) is 0 Å². The van der Waals surface area contributed by atoms with Gasteiger partial charge in [0.15, 0.2) is 0 Å². The predicted molar refractivity (Wildman–Crippen MR) is 50.0 cm³/mol. The molecule has 1 aromatic rings. The fourth-order valence-corrected chi connectivity index (χ4v) is 1.18. The topological polar surface area (TPSA) is 46.2 Å². The van der Waals surface area contributed by atoms with E-state index in [-0.39, 0.29) is 5.56 Å². The van der Waals surface area contributed by atoms with Crippen LogP contribution in [0.3, 0.4) is 0 Å². The summed E-state index contributed by atoms with van der Waals surface area (Å²) in [5.41, 5.74) is 5.79. The van der Waals surface area contributed by atoms with Crippen LogP contribution in [0.15, 0.2) is 24.3 Å². The zero-order chi connectivity index (χ0) is 10.7. The molecule has 0 spiro atoms. The second-order valence-corrected chi connectivity index (χ2v) is 3.27. The van der Waals surface area contributed by atoms with Crippen LogP contribution in [-0.2, 0) is 0 Å². The Labute approximate surface area is 81.4 Å². The van der Waals surface area contributed by atoms with Gasteiger partial charge in [0.25, 0.3) is 6.43 Å². The van der Waals surface area contributed by atoms with Crippen molar-refractivity contribution < 1.29 is 13.9 Å². The summed E-state index contributed by atoms with van der Waals surface area (Å²) in [5, 5.41) is 9.53. The van der Waals surface area contributed by atoms with Crippen LogP contribution < -0.4 is 5.73 Å². The lowest BCUT2D eigenvalue weighted by atomic mass is 10.0. The van der Waals surface area contributed by atoms with E-state index in [1.165, 1.54) is 18.2 Å². The minimum atomic E-state index is -2.52. The zero-order valence-electron chi connectivity index (χ0n) is 7.82. The highest BCUT2D eigenvalue weighted by Crippen LogP contribution is 2.23. The van der Waals surface area contributed by atoms with Gasteiger partial charge in [-0.3, -0.25) is 0 Å². The SMILES string of the molecule is CC(N)C(O)c1cccc(C(F)F)c1. The Bertz CT molecular complexity index is 302. The van der Waals surface area contributed by atoms with Gasteiger partial charge >= 0.3 is 0 Å². The summed E-state index contributed by atoms with van der Waals surface area (Å²) >= 11 is 0. The molecule has 2 unspecified atom stereocenters. The lowest BCUT2D eigenvalue weighted by Gasteiger charge is -2.15. The Morgan fingerprint density at radius 1 is 1.29 bits per heavy atom. The van der Waals surface area contributed by atoms with Gasteiger partial charge in [0.2, 0.25) is 0 Å². The quantitative estimate of drug-likeness (QED) is 0.785. The first-order chi connectivity index (χ1) is 6.52. The molecule has 4 heteroatoms. The summed E-state index contributed by atoms with van der Waals surface area (Å²) in [4.78, 5) is 0. The number of hydrogen-bond acceptors (Lipinski definition) is 2. The maximum absolute atomic E-state index is 12.3. The summed E-state index contributed by atoms with van der Waals surface area (Å²) in [6.45, 7) is 1.62. The minimum Gasteiger partial charge on any atom is -0.387 e. The summed E-state index contributed by atoms with van der Waals surface area (Å²) in [5.74, 6) is 0. The van der Waals surface area contributed by atoms with Crippen LogP contribution in [0.5, 0.6) is 0 Å². The molecule has 0 bridgehead atoms. The van der Waals surface area contributed by atoms with Crippen molar-refractivity contribution >= 4 is 0 Å². The number of benzene rings is 1. The van der Waals surface area contributed by atoms with Crippen molar-refractivity contribution in [2.75, 3.05) is 0 Å². The molecular weight excluding hydrogens is 188 g/mol. The average molecular weight is 201 g/mol. The molecular formula is C10H13F2NO. The number of alkyl halides is 2. The number of nitrogens with two attached hydrogens (primary N) is 1. The summed E-state index contributed by atoms with van der Waals surface area (Å²) in [6.07, 6.45) is -3.41. The van der Waals surface area contributed by atoms with Crippen LogP contribution in [0.2, 0.25) is 0 Å². The van der Waals surface area contributed by atoms with Gasteiger partial charge in [0.1, 0.15) is 0 Å². The standard InChI is InChI=1S/C10H13F2NO/c1-6(13)9(14)7-3-2-4-8(5-7)10(11)12/h2-6,9-10,14H,13H2,1H3. The number of rotatable bonds is 3. The smallest absolute Gasteiger partial charge is 0.263 e. The first kappa shape index (κ1) is 11.1. The molecule has 1 aromatic carbocycles. The molecule has 2 nitrogen and oxygen atoms in total. The van der Waals surface area contributed by atoms with Crippen molar-refractivity contribution in [3.8, 4) is 0 Å². The third kappa shape index (κ3) is 2.49. The normalized spacial score (nSPS) is 15.6. The Morgan fingerprint density at radius 3 is 2.36 bits per heavy atom. The molecule has 2 atom stereocenters. The Kier molecular flexibility index (Phi) is 3.55. The van der Waals surface area contributed by atoms with Crippen LogP contribution in [0, 0.1) is 0 Å². The van der Waals surface area contributed by atoms with Crippen LogP contribution >= 0.6 is 0 Å². The number of aliphatic hydroxyl groups is 1. The molecule has 0 radical (unpaired) electrons.